The van der Waals surface area contributed by atoms with Crippen LogP contribution in [-0.4, -0.2) is 11.2 Å². The molecule has 0 radical (unpaired) electrons. The van der Waals surface area contributed by atoms with Crippen molar-refractivity contribution in [1.29, 1.82) is 0 Å². The zero-order valence-corrected chi connectivity index (χ0v) is 6.31. The van der Waals surface area contributed by atoms with E-state index in [0.717, 1.165) is 11.1 Å². The standard InChI is InChI=1S/C8H14O/c1-6(2)7(3)5-8(4)9/h5,8-9H,1H2,2-4H3/b7-5-. The van der Waals surface area contributed by atoms with Crippen LogP contribution in [0.5, 0.6) is 0 Å². The first-order valence-electron chi connectivity index (χ1n) is 3.06. The van der Waals surface area contributed by atoms with Gasteiger partial charge in [-0.25, -0.2) is 0 Å². The van der Waals surface area contributed by atoms with Crippen molar-refractivity contribution in [2.75, 3.05) is 0 Å². The number of hydrogen-bond acceptors (Lipinski definition) is 1. The van der Waals surface area contributed by atoms with E-state index in [1.807, 2.05) is 13.8 Å². The minimum absolute atomic E-state index is 0.360. The minimum atomic E-state index is -0.360. The van der Waals surface area contributed by atoms with Crippen LogP contribution in [0.25, 0.3) is 0 Å². The van der Waals surface area contributed by atoms with Crippen molar-refractivity contribution in [2.24, 2.45) is 0 Å². The summed E-state index contributed by atoms with van der Waals surface area (Å²) >= 11 is 0. The van der Waals surface area contributed by atoms with Gasteiger partial charge in [0.15, 0.2) is 0 Å². The highest BCUT2D eigenvalue weighted by Gasteiger charge is 1.91. The smallest absolute Gasteiger partial charge is 0.0698 e. The summed E-state index contributed by atoms with van der Waals surface area (Å²) < 4.78 is 0. The van der Waals surface area contributed by atoms with Crippen LogP contribution < -0.4 is 0 Å². The molecule has 1 N–H and O–H groups in total. The van der Waals surface area contributed by atoms with Crippen LogP contribution in [0.15, 0.2) is 23.8 Å². The van der Waals surface area contributed by atoms with E-state index in [-0.39, 0.29) is 6.10 Å². The molecule has 0 aliphatic carbocycles. The number of hydrogen-bond donors (Lipinski definition) is 1. The molecule has 0 saturated heterocycles. The molecule has 1 unspecified atom stereocenters. The molecule has 0 spiro atoms. The molecule has 0 aromatic heterocycles. The van der Waals surface area contributed by atoms with Gasteiger partial charge in [-0.15, -0.1) is 0 Å². The first kappa shape index (κ1) is 8.44. The van der Waals surface area contributed by atoms with Crippen LogP contribution in [0.2, 0.25) is 0 Å². The van der Waals surface area contributed by atoms with Gasteiger partial charge in [0.2, 0.25) is 0 Å². The Bertz CT molecular complexity index is 132. The van der Waals surface area contributed by atoms with E-state index < -0.39 is 0 Å². The average molecular weight is 126 g/mol. The Balaban J connectivity index is 4.00. The zero-order valence-electron chi connectivity index (χ0n) is 6.31. The summed E-state index contributed by atoms with van der Waals surface area (Å²) in [5, 5.41) is 8.85. The number of aliphatic hydroxyl groups excluding tert-OH is 1. The van der Waals surface area contributed by atoms with Crippen LogP contribution in [0.3, 0.4) is 0 Å². The quantitative estimate of drug-likeness (QED) is 0.560. The maximum Gasteiger partial charge on any atom is 0.0698 e. The Kier molecular flexibility index (Phi) is 3.25. The van der Waals surface area contributed by atoms with Gasteiger partial charge in [0.05, 0.1) is 6.10 Å². The van der Waals surface area contributed by atoms with Gasteiger partial charge >= 0.3 is 0 Å². The Morgan fingerprint density at radius 1 is 1.56 bits per heavy atom. The zero-order chi connectivity index (χ0) is 7.44. The second-order valence-electron chi connectivity index (χ2n) is 2.37. The van der Waals surface area contributed by atoms with Gasteiger partial charge in [0.25, 0.3) is 0 Å². The Hall–Kier alpha value is -0.560. The maximum absolute atomic E-state index is 8.85. The van der Waals surface area contributed by atoms with Crippen molar-refractivity contribution in [2.45, 2.75) is 26.9 Å². The van der Waals surface area contributed by atoms with E-state index in [4.69, 9.17) is 5.11 Å². The van der Waals surface area contributed by atoms with Crippen molar-refractivity contribution in [3.8, 4) is 0 Å². The fraction of sp³-hybridized carbons (Fsp3) is 0.500. The van der Waals surface area contributed by atoms with Crippen LogP contribution in [-0.2, 0) is 0 Å². The van der Waals surface area contributed by atoms with Gasteiger partial charge in [0, 0.05) is 0 Å². The van der Waals surface area contributed by atoms with E-state index in [9.17, 15) is 0 Å². The number of rotatable bonds is 2. The molecule has 0 aliphatic rings. The normalized spacial score (nSPS) is 15.3. The first-order valence-corrected chi connectivity index (χ1v) is 3.06. The van der Waals surface area contributed by atoms with Crippen LogP contribution in [0.1, 0.15) is 20.8 Å². The predicted molar refractivity (Wildman–Crippen MR) is 40.3 cm³/mol. The monoisotopic (exact) mass is 126 g/mol. The van der Waals surface area contributed by atoms with E-state index in [1.165, 1.54) is 0 Å². The molecule has 9 heavy (non-hydrogen) atoms. The van der Waals surface area contributed by atoms with Crippen molar-refractivity contribution in [3.05, 3.63) is 23.8 Å². The molecule has 1 nitrogen and oxygen atoms in total. The van der Waals surface area contributed by atoms with Gasteiger partial charge in [-0.1, -0.05) is 23.8 Å². The third-order valence-electron chi connectivity index (χ3n) is 1.16. The van der Waals surface area contributed by atoms with Crippen molar-refractivity contribution >= 4 is 0 Å². The Morgan fingerprint density at radius 2 is 2.00 bits per heavy atom. The minimum Gasteiger partial charge on any atom is -0.389 e. The molecule has 0 bridgehead atoms. The van der Waals surface area contributed by atoms with Crippen molar-refractivity contribution < 1.29 is 5.11 Å². The molecule has 1 heteroatoms. The van der Waals surface area contributed by atoms with Gasteiger partial charge in [-0.2, -0.15) is 0 Å². The summed E-state index contributed by atoms with van der Waals surface area (Å²) in [4.78, 5) is 0. The molecule has 0 fully saturated rings. The van der Waals surface area contributed by atoms with Crippen LogP contribution >= 0.6 is 0 Å². The second-order valence-corrected chi connectivity index (χ2v) is 2.37. The molecule has 52 valence electrons. The molecule has 1 atom stereocenters. The summed E-state index contributed by atoms with van der Waals surface area (Å²) in [6, 6.07) is 0. The molecule has 0 amide bonds. The first-order chi connectivity index (χ1) is 4.04. The molecule has 0 aromatic carbocycles. The largest absolute Gasteiger partial charge is 0.389 e. The van der Waals surface area contributed by atoms with Gasteiger partial charge in [-0.05, 0) is 20.8 Å². The third kappa shape index (κ3) is 3.98. The van der Waals surface area contributed by atoms with Gasteiger partial charge < -0.3 is 5.11 Å². The van der Waals surface area contributed by atoms with Gasteiger partial charge in [0.1, 0.15) is 0 Å². The van der Waals surface area contributed by atoms with E-state index in [0.29, 0.717) is 0 Å². The molecule has 0 aliphatic heterocycles. The summed E-state index contributed by atoms with van der Waals surface area (Å²) in [6.07, 6.45) is 1.42. The fourth-order valence-electron chi connectivity index (χ4n) is 0.504. The summed E-state index contributed by atoms with van der Waals surface area (Å²) in [5.41, 5.74) is 2.07. The highest BCUT2D eigenvalue weighted by atomic mass is 16.3. The molecular formula is C8H14O. The number of allylic oxidation sites excluding steroid dienone is 2. The summed E-state index contributed by atoms with van der Waals surface area (Å²) in [5.74, 6) is 0. The lowest BCUT2D eigenvalue weighted by Gasteiger charge is -1.99. The van der Waals surface area contributed by atoms with Gasteiger partial charge in [-0.3, -0.25) is 0 Å². The molecule has 0 aromatic rings. The molecule has 0 rings (SSSR count). The fourth-order valence-corrected chi connectivity index (χ4v) is 0.504. The van der Waals surface area contributed by atoms with Crippen molar-refractivity contribution in [3.63, 3.8) is 0 Å². The topological polar surface area (TPSA) is 20.2 Å². The number of aliphatic hydroxyl groups is 1. The van der Waals surface area contributed by atoms with E-state index in [2.05, 4.69) is 6.58 Å². The molecule has 0 saturated carbocycles. The summed E-state index contributed by atoms with van der Waals surface area (Å²) in [7, 11) is 0. The third-order valence-corrected chi connectivity index (χ3v) is 1.16. The highest BCUT2D eigenvalue weighted by Crippen LogP contribution is 2.05. The van der Waals surface area contributed by atoms with Crippen LogP contribution in [0.4, 0.5) is 0 Å². The predicted octanol–water partition coefficient (Wildman–Crippen LogP) is 1.89. The molecular weight excluding hydrogens is 112 g/mol. The van der Waals surface area contributed by atoms with E-state index >= 15 is 0 Å². The lowest BCUT2D eigenvalue weighted by atomic mass is 10.1. The second kappa shape index (κ2) is 3.46. The SMILES string of the molecule is C=C(C)/C(C)=C\C(C)O. The highest BCUT2D eigenvalue weighted by molar-refractivity contribution is 5.24. The van der Waals surface area contributed by atoms with Crippen LogP contribution in [0, 0.1) is 0 Å². The Morgan fingerprint density at radius 3 is 2.11 bits per heavy atom. The lowest BCUT2D eigenvalue weighted by molar-refractivity contribution is 0.243. The molecule has 0 heterocycles. The average Bonchev–Trinajstić information content (AvgIpc) is 1.63. The Labute approximate surface area is 56.7 Å². The van der Waals surface area contributed by atoms with Crippen molar-refractivity contribution in [1.82, 2.24) is 0 Å². The maximum atomic E-state index is 8.85. The van der Waals surface area contributed by atoms with E-state index in [1.54, 1.807) is 13.0 Å². The summed E-state index contributed by atoms with van der Waals surface area (Å²) in [6.45, 7) is 9.32. The lowest BCUT2D eigenvalue weighted by Crippen LogP contribution is -1.94.